The predicted octanol–water partition coefficient (Wildman–Crippen LogP) is 1.27. The molecule has 0 radical (unpaired) electrons. The summed E-state index contributed by atoms with van der Waals surface area (Å²) in [5.74, 6) is 1.78. The molecule has 3 aliphatic rings. The second kappa shape index (κ2) is 8.26. The normalized spacial score (nSPS) is 24.8. The van der Waals surface area contributed by atoms with Crippen LogP contribution in [0.25, 0.3) is 11.4 Å². The Bertz CT molecular complexity index is 1210. The molecule has 0 bridgehead atoms. The predicted molar refractivity (Wildman–Crippen MR) is 120 cm³/mol. The average Bonchev–Trinajstić information content (AvgIpc) is 3.63. The van der Waals surface area contributed by atoms with Gasteiger partial charge >= 0.3 is 0 Å². The zero-order valence-corrected chi connectivity index (χ0v) is 18.7. The summed E-state index contributed by atoms with van der Waals surface area (Å²) in [7, 11) is 3.92. The van der Waals surface area contributed by atoms with E-state index in [-0.39, 0.29) is 37.0 Å². The quantitative estimate of drug-likeness (QED) is 0.596. The van der Waals surface area contributed by atoms with E-state index < -0.39 is 0 Å². The van der Waals surface area contributed by atoms with E-state index in [0.29, 0.717) is 36.1 Å². The van der Waals surface area contributed by atoms with Crippen molar-refractivity contribution < 1.29 is 23.7 Å². The molecule has 3 aromatic rings. The number of ether oxygens (including phenoxy) is 4. The summed E-state index contributed by atoms with van der Waals surface area (Å²) in [4.78, 5) is 14.8. The zero-order chi connectivity index (χ0) is 23.2. The Morgan fingerprint density at radius 2 is 1.82 bits per heavy atom. The minimum Gasteiger partial charge on any atom is -0.454 e. The number of tetrazole rings is 1. The fourth-order valence-corrected chi connectivity index (χ4v) is 4.62. The van der Waals surface area contributed by atoms with E-state index in [1.165, 1.54) is 0 Å². The molecule has 0 spiro atoms. The fraction of sp³-hybridized carbons (Fsp3) is 0.391. The fourth-order valence-electron chi connectivity index (χ4n) is 4.62. The van der Waals surface area contributed by atoms with Crippen molar-refractivity contribution in [3.05, 3.63) is 48.0 Å². The Morgan fingerprint density at radius 1 is 1.03 bits per heavy atom. The maximum absolute atomic E-state index is 12.8. The van der Waals surface area contributed by atoms with Gasteiger partial charge in [0.25, 0.3) is 5.91 Å². The molecule has 4 heterocycles. The zero-order valence-electron chi connectivity index (χ0n) is 18.7. The van der Waals surface area contributed by atoms with Crippen molar-refractivity contribution in [1.82, 2.24) is 25.5 Å². The van der Waals surface area contributed by atoms with Gasteiger partial charge in [0, 0.05) is 30.9 Å². The third-order valence-corrected chi connectivity index (χ3v) is 6.43. The number of anilines is 1. The Balaban J connectivity index is 1.17. The summed E-state index contributed by atoms with van der Waals surface area (Å²) in [6.45, 7) is 0.932. The third kappa shape index (κ3) is 3.53. The van der Waals surface area contributed by atoms with E-state index in [4.69, 9.17) is 18.9 Å². The van der Waals surface area contributed by atoms with Crippen molar-refractivity contribution >= 4 is 11.6 Å². The van der Waals surface area contributed by atoms with Crippen LogP contribution in [-0.2, 0) is 9.47 Å². The Kier molecular flexibility index (Phi) is 5.07. The van der Waals surface area contributed by atoms with Gasteiger partial charge in [0.15, 0.2) is 17.3 Å². The number of benzene rings is 2. The van der Waals surface area contributed by atoms with Crippen molar-refractivity contribution in [2.75, 3.05) is 39.0 Å². The average molecular weight is 464 g/mol. The lowest BCUT2D eigenvalue weighted by Gasteiger charge is -2.18. The number of nitrogens with zero attached hydrogens (tertiary/aromatic N) is 5. The molecule has 1 amide bonds. The number of hydrogen-bond acceptors (Lipinski definition) is 9. The van der Waals surface area contributed by atoms with Crippen molar-refractivity contribution in [1.29, 1.82) is 0 Å². The molecule has 11 nitrogen and oxygen atoms in total. The highest BCUT2D eigenvalue weighted by Crippen LogP contribution is 2.38. The number of fused-ring (bicyclic) bond motifs is 2. The summed E-state index contributed by atoms with van der Waals surface area (Å²) in [6, 6.07) is 12.6. The summed E-state index contributed by atoms with van der Waals surface area (Å²) in [6.07, 6.45) is -0.568. The molecule has 1 N–H and O–H groups in total. The number of carbonyl (C=O) groups is 1. The van der Waals surface area contributed by atoms with Gasteiger partial charge in [-0.1, -0.05) is 0 Å². The standard InChI is InChI=1S/C23H24N6O5/c1-28(2)15-6-3-13(4-7-15)23(30)24-16-10-31-21-17(11-32-20(16)21)29-22(25-26-27-29)14-5-8-18-19(9-14)34-12-33-18/h3-9,16-17,20-21H,10-12H2,1-2H3,(H,24,30). The molecule has 11 heteroatoms. The first kappa shape index (κ1) is 20.9. The summed E-state index contributed by atoms with van der Waals surface area (Å²) >= 11 is 0. The van der Waals surface area contributed by atoms with Crippen LogP contribution in [0.1, 0.15) is 16.4 Å². The van der Waals surface area contributed by atoms with Crippen LogP contribution in [0.5, 0.6) is 11.5 Å². The Labute approximate surface area is 195 Å². The number of rotatable bonds is 5. The van der Waals surface area contributed by atoms with Crippen LogP contribution < -0.4 is 19.7 Å². The highest BCUT2D eigenvalue weighted by molar-refractivity contribution is 5.94. The molecule has 176 valence electrons. The van der Waals surface area contributed by atoms with Gasteiger partial charge in [0.05, 0.1) is 19.3 Å². The molecule has 34 heavy (non-hydrogen) atoms. The molecule has 4 atom stereocenters. The molecule has 2 saturated heterocycles. The highest BCUT2D eigenvalue weighted by Gasteiger charge is 2.50. The lowest BCUT2D eigenvalue weighted by Crippen LogP contribution is -2.44. The van der Waals surface area contributed by atoms with Crippen LogP contribution in [0.3, 0.4) is 0 Å². The molecule has 2 fully saturated rings. The van der Waals surface area contributed by atoms with Gasteiger partial charge in [0.2, 0.25) is 6.79 Å². The van der Waals surface area contributed by atoms with Crippen molar-refractivity contribution in [3.63, 3.8) is 0 Å². The largest absolute Gasteiger partial charge is 0.454 e. The Hall–Kier alpha value is -3.70. The van der Waals surface area contributed by atoms with Gasteiger partial charge in [-0.15, -0.1) is 5.10 Å². The molecule has 1 aromatic heterocycles. The first-order valence-corrected chi connectivity index (χ1v) is 11.1. The Morgan fingerprint density at radius 3 is 2.65 bits per heavy atom. The first-order chi connectivity index (χ1) is 16.6. The van der Waals surface area contributed by atoms with Crippen LogP contribution in [0.15, 0.2) is 42.5 Å². The number of carbonyl (C=O) groups excluding carboxylic acids is 1. The summed E-state index contributed by atoms with van der Waals surface area (Å²) in [5, 5.41) is 15.4. The van der Waals surface area contributed by atoms with Crippen LogP contribution in [0.2, 0.25) is 0 Å². The van der Waals surface area contributed by atoms with Crippen molar-refractivity contribution in [3.8, 4) is 22.9 Å². The maximum atomic E-state index is 12.8. The summed E-state index contributed by atoms with van der Waals surface area (Å²) in [5.41, 5.74) is 2.43. The lowest BCUT2D eigenvalue weighted by molar-refractivity contribution is 0.0615. The van der Waals surface area contributed by atoms with E-state index >= 15 is 0 Å². The minimum absolute atomic E-state index is 0.157. The molecule has 2 aromatic carbocycles. The number of nitrogens with one attached hydrogen (secondary N) is 1. The van der Waals surface area contributed by atoms with E-state index in [1.807, 2.05) is 61.5 Å². The van der Waals surface area contributed by atoms with E-state index in [0.717, 1.165) is 11.3 Å². The molecule has 3 aliphatic heterocycles. The number of hydrogen-bond donors (Lipinski definition) is 1. The molecular weight excluding hydrogens is 440 g/mol. The van der Waals surface area contributed by atoms with Gasteiger partial charge in [-0.3, -0.25) is 4.79 Å². The van der Waals surface area contributed by atoms with Crippen LogP contribution in [-0.4, -0.2) is 78.5 Å². The van der Waals surface area contributed by atoms with Gasteiger partial charge < -0.3 is 29.2 Å². The van der Waals surface area contributed by atoms with Crippen molar-refractivity contribution in [2.24, 2.45) is 0 Å². The van der Waals surface area contributed by atoms with E-state index in [1.54, 1.807) is 4.68 Å². The number of amides is 1. The van der Waals surface area contributed by atoms with Crippen LogP contribution >= 0.6 is 0 Å². The van der Waals surface area contributed by atoms with Crippen LogP contribution in [0, 0.1) is 0 Å². The van der Waals surface area contributed by atoms with Gasteiger partial charge in [0.1, 0.15) is 18.2 Å². The second-order valence-electron chi connectivity index (χ2n) is 8.70. The van der Waals surface area contributed by atoms with E-state index in [2.05, 4.69) is 20.8 Å². The lowest BCUT2D eigenvalue weighted by atomic mass is 10.1. The minimum atomic E-state index is -0.288. The number of aromatic nitrogens is 4. The molecule has 6 rings (SSSR count). The van der Waals surface area contributed by atoms with Crippen LogP contribution in [0.4, 0.5) is 5.69 Å². The molecule has 0 aliphatic carbocycles. The van der Waals surface area contributed by atoms with Gasteiger partial charge in [-0.2, -0.15) is 0 Å². The third-order valence-electron chi connectivity index (χ3n) is 6.43. The maximum Gasteiger partial charge on any atom is 0.251 e. The molecule has 0 saturated carbocycles. The van der Waals surface area contributed by atoms with E-state index in [9.17, 15) is 4.79 Å². The topological polar surface area (TPSA) is 113 Å². The SMILES string of the molecule is CN(C)c1ccc(C(=O)NC2COC3C2OCC3n2nnnc2-c2ccc3c(c2)OCO3)cc1. The highest BCUT2D eigenvalue weighted by atomic mass is 16.7. The van der Waals surface area contributed by atoms with Gasteiger partial charge in [-0.25, -0.2) is 4.68 Å². The molecular formula is C23H24N6O5. The van der Waals surface area contributed by atoms with Crippen molar-refractivity contribution in [2.45, 2.75) is 24.3 Å². The van der Waals surface area contributed by atoms with Gasteiger partial charge in [-0.05, 0) is 52.9 Å². The first-order valence-electron chi connectivity index (χ1n) is 11.1. The second-order valence-corrected chi connectivity index (χ2v) is 8.70. The smallest absolute Gasteiger partial charge is 0.251 e. The molecule has 4 unspecified atom stereocenters. The monoisotopic (exact) mass is 464 g/mol. The summed E-state index contributed by atoms with van der Waals surface area (Å²) < 4.78 is 24.7.